The first kappa shape index (κ1) is 33.3. The third kappa shape index (κ3) is 8.30. The van der Waals surface area contributed by atoms with Gasteiger partial charge in [-0.2, -0.15) is 0 Å². The van der Waals surface area contributed by atoms with E-state index in [4.69, 9.17) is 19.6 Å². The standard InChI is InChI=1S/C41H38FN3O4/c42-36-22-14-31(15-23-36)29-43-45-40(47)41(26-7-11-30-9-3-1-4-10-30)38(34-18-16-33(17-19-34)32-12-5-2-6-13-32)49-39(44-41)35-20-24-37(25-21-35)48-28-8-27-46/h1-7,9-25,38,43,46H,8,26-29H2,(H,45,47)/b11-7+/t38-,41-/m0/s1. The summed E-state index contributed by atoms with van der Waals surface area (Å²) < 4.78 is 25.9. The van der Waals surface area contributed by atoms with Crippen LogP contribution in [0, 0.1) is 5.82 Å². The van der Waals surface area contributed by atoms with Crippen LogP contribution < -0.4 is 15.6 Å². The number of rotatable bonds is 14. The van der Waals surface area contributed by atoms with Crippen LogP contribution in [0.25, 0.3) is 17.2 Å². The zero-order valence-electron chi connectivity index (χ0n) is 27.0. The predicted molar refractivity (Wildman–Crippen MR) is 190 cm³/mol. The number of aliphatic hydroxyl groups is 1. The molecular weight excluding hydrogens is 617 g/mol. The highest BCUT2D eigenvalue weighted by molar-refractivity contribution is 6.01. The molecule has 6 rings (SSSR count). The Balaban J connectivity index is 1.35. The lowest BCUT2D eigenvalue weighted by molar-refractivity contribution is -0.129. The van der Waals surface area contributed by atoms with Crippen LogP contribution in [0.2, 0.25) is 0 Å². The Bertz CT molecular complexity index is 1860. The van der Waals surface area contributed by atoms with Gasteiger partial charge in [-0.3, -0.25) is 10.2 Å². The lowest BCUT2D eigenvalue weighted by Crippen LogP contribution is -2.52. The number of halogens is 1. The van der Waals surface area contributed by atoms with Crippen molar-refractivity contribution in [2.75, 3.05) is 13.2 Å². The molecular formula is C41H38FN3O4. The van der Waals surface area contributed by atoms with E-state index in [1.807, 2.05) is 109 Å². The van der Waals surface area contributed by atoms with Gasteiger partial charge >= 0.3 is 0 Å². The largest absolute Gasteiger partial charge is 0.494 e. The number of carbonyl (C=O) groups is 1. The minimum absolute atomic E-state index is 0.0536. The van der Waals surface area contributed by atoms with Gasteiger partial charge in [0.25, 0.3) is 5.91 Å². The van der Waals surface area contributed by atoms with Gasteiger partial charge in [-0.05, 0) is 64.2 Å². The van der Waals surface area contributed by atoms with Gasteiger partial charge < -0.3 is 14.6 Å². The van der Waals surface area contributed by atoms with Crippen LogP contribution >= 0.6 is 0 Å². The Morgan fingerprint density at radius 3 is 2.18 bits per heavy atom. The van der Waals surface area contributed by atoms with Crippen LogP contribution in [0.1, 0.15) is 41.2 Å². The van der Waals surface area contributed by atoms with E-state index in [1.165, 1.54) is 12.1 Å². The summed E-state index contributed by atoms with van der Waals surface area (Å²) in [7, 11) is 0. The number of carbonyl (C=O) groups excluding carboxylic acids is 1. The highest BCUT2D eigenvalue weighted by Crippen LogP contribution is 2.43. The highest BCUT2D eigenvalue weighted by atomic mass is 19.1. The van der Waals surface area contributed by atoms with Gasteiger partial charge in [-0.25, -0.2) is 14.8 Å². The molecule has 0 spiro atoms. The Labute approximate surface area is 285 Å². The first-order chi connectivity index (χ1) is 24.0. The van der Waals surface area contributed by atoms with Crippen molar-refractivity contribution < 1.29 is 23.8 Å². The fourth-order valence-corrected chi connectivity index (χ4v) is 5.67. The van der Waals surface area contributed by atoms with Gasteiger partial charge in [-0.1, -0.05) is 109 Å². The number of amides is 1. The third-order valence-electron chi connectivity index (χ3n) is 8.30. The van der Waals surface area contributed by atoms with Crippen molar-refractivity contribution in [3.63, 3.8) is 0 Å². The number of hydrazine groups is 1. The summed E-state index contributed by atoms with van der Waals surface area (Å²) in [6.07, 6.45) is 3.94. The number of ether oxygens (including phenoxy) is 2. The first-order valence-electron chi connectivity index (χ1n) is 16.3. The van der Waals surface area contributed by atoms with Crippen molar-refractivity contribution in [2.45, 2.75) is 31.0 Å². The average Bonchev–Trinajstić information content (AvgIpc) is 3.54. The van der Waals surface area contributed by atoms with Crippen LogP contribution in [0.4, 0.5) is 4.39 Å². The number of nitrogens with zero attached hydrogens (tertiary/aromatic N) is 1. The molecule has 5 aromatic carbocycles. The van der Waals surface area contributed by atoms with Crippen LogP contribution in [-0.4, -0.2) is 35.7 Å². The Morgan fingerprint density at radius 2 is 1.49 bits per heavy atom. The highest BCUT2D eigenvalue weighted by Gasteiger charge is 2.52. The van der Waals surface area contributed by atoms with Crippen molar-refractivity contribution in [1.82, 2.24) is 10.9 Å². The van der Waals surface area contributed by atoms with E-state index in [0.717, 1.165) is 27.8 Å². The summed E-state index contributed by atoms with van der Waals surface area (Å²) in [5.41, 5.74) is 9.93. The van der Waals surface area contributed by atoms with Crippen molar-refractivity contribution in [3.05, 3.63) is 168 Å². The van der Waals surface area contributed by atoms with Gasteiger partial charge in [0.15, 0.2) is 11.6 Å². The third-order valence-corrected chi connectivity index (χ3v) is 8.30. The fraction of sp³-hybridized carbons (Fsp3) is 0.171. The predicted octanol–water partition coefficient (Wildman–Crippen LogP) is 7.44. The summed E-state index contributed by atoms with van der Waals surface area (Å²) in [5, 5.41) is 9.10. The van der Waals surface area contributed by atoms with Gasteiger partial charge in [0.2, 0.25) is 5.90 Å². The molecule has 49 heavy (non-hydrogen) atoms. The van der Waals surface area contributed by atoms with Crippen LogP contribution in [0.5, 0.6) is 5.75 Å². The molecule has 0 saturated carbocycles. The van der Waals surface area contributed by atoms with Crippen LogP contribution in [0.15, 0.2) is 145 Å². The van der Waals surface area contributed by atoms with E-state index in [1.54, 1.807) is 12.1 Å². The summed E-state index contributed by atoms with van der Waals surface area (Å²) >= 11 is 0. The van der Waals surface area contributed by atoms with E-state index in [-0.39, 0.29) is 31.3 Å². The number of nitrogens with one attached hydrogen (secondary N) is 2. The normalized spacial score (nSPS) is 17.0. The summed E-state index contributed by atoms with van der Waals surface area (Å²) in [6.45, 7) is 0.738. The lowest BCUT2D eigenvalue weighted by Gasteiger charge is -2.30. The van der Waals surface area contributed by atoms with Gasteiger partial charge in [0, 0.05) is 31.6 Å². The molecule has 248 valence electrons. The Morgan fingerprint density at radius 1 is 0.837 bits per heavy atom. The average molecular weight is 656 g/mol. The molecule has 5 aromatic rings. The summed E-state index contributed by atoms with van der Waals surface area (Å²) in [6, 6.07) is 41.4. The zero-order chi connectivity index (χ0) is 33.9. The minimum atomic E-state index is -1.39. The number of hydrogen-bond donors (Lipinski definition) is 3. The first-order valence-corrected chi connectivity index (χ1v) is 16.3. The monoisotopic (exact) mass is 655 g/mol. The van der Waals surface area contributed by atoms with Crippen LogP contribution in [0.3, 0.4) is 0 Å². The Hall–Kier alpha value is -5.57. The molecule has 0 aliphatic carbocycles. The molecule has 0 radical (unpaired) electrons. The van der Waals surface area contributed by atoms with Crippen molar-refractivity contribution in [2.24, 2.45) is 4.99 Å². The molecule has 0 saturated heterocycles. The van der Waals surface area contributed by atoms with Crippen molar-refractivity contribution >= 4 is 17.9 Å². The topological polar surface area (TPSA) is 92.2 Å². The maximum atomic E-state index is 14.4. The van der Waals surface area contributed by atoms with E-state index in [2.05, 4.69) is 23.0 Å². The second kappa shape index (κ2) is 16.0. The van der Waals surface area contributed by atoms with Gasteiger partial charge in [0.1, 0.15) is 11.6 Å². The van der Waals surface area contributed by atoms with Gasteiger partial charge in [-0.15, -0.1) is 0 Å². The number of benzene rings is 5. The molecule has 1 aliphatic heterocycles. The molecule has 1 aliphatic rings. The molecule has 0 unspecified atom stereocenters. The van der Waals surface area contributed by atoms with Crippen LogP contribution in [-0.2, 0) is 16.1 Å². The molecule has 1 heterocycles. The smallest absolute Gasteiger partial charge is 0.266 e. The van der Waals surface area contributed by atoms with Crippen molar-refractivity contribution in [3.8, 4) is 16.9 Å². The van der Waals surface area contributed by atoms with Crippen molar-refractivity contribution in [1.29, 1.82) is 0 Å². The fourth-order valence-electron chi connectivity index (χ4n) is 5.67. The maximum Gasteiger partial charge on any atom is 0.266 e. The second-order valence-corrected chi connectivity index (χ2v) is 11.7. The number of hydrogen-bond acceptors (Lipinski definition) is 6. The minimum Gasteiger partial charge on any atom is -0.494 e. The van der Waals surface area contributed by atoms with Gasteiger partial charge in [0.05, 0.1) is 6.61 Å². The molecule has 0 aromatic heterocycles. The van der Waals surface area contributed by atoms with E-state index < -0.39 is 11.6 Å². The molecule has 7 nitrogen and oxygen atoms in total. The van der Waals surface area contributed by atoms with E-state index >= 15 is 0 Å². The molecule has 8 heteroatoms. The SMILES string of the molecule is O=C(NNCc1ccc(F)cc1)[C@@]1(C/C=C/c2ccccc2)N=C(c2ccc(OCCCO)cc2)O[C@H]1c1ccc(-c2ccccc2)cc1. The maximum absolute atomic E-state index is 14.4. The van der Waals surface area contributed by atoms with E-state index in [0.29, 0.717) is 30.2 Å². The quantitative estimate of drug-likeness (QED) is 0.0855. The summed E-state index contributed by atoms with van der Waals surface area (Å²) in [5.74, 6) is 0.292. The van der Waals surface area contributed by atoms with E-state index in [9.17, 15) is 9.18 Å². The Kier molecular flexibility index (Phi) is 10.9. The molecule has 2 atom stereocenters. The summed E-state index contributed by atoms with van der Waals surface area (Å²) in [4.78, 5) is 19.5. The number of aliphatic imine (C=N–C) groups is 1. The molecule has 0 fully saturated rings. The molecule has 0 bridgehead atoms. The lowest BCUT2D eigenvalue weighted by atomic mass is 9.84. The molecule has 3 N–H and O–H groups in total. The zero-order valence-corrected chi connectivity index (χ0v) is 27.0. The number of aliphatic hydroxyl groups excluding tert-OH is 1. The second-order valence-electron chi connectivity index (χ2n) is 11.7. The molecule has 1 amide bonds.